The van der Waals surface area contributed by atoms with Crippen LogP contribution >= 0.6 is 11.3 Å². The molecule has 5 aromatic rings. The largest absolute Gasteiger partial charge is 0.497 e. The zero-order valence-corrected chi connectivity index (χ0v) is 17.2. The molecule has 9 heteroatoms. The van der Waals surface area contributed by atoms with Crippen LogP contribution in [0.15, 0.2) is 54.6 Å². The third-order valence-corrected chi connectivity index (χ3v) is 5.63. The van der Waals surface area contributed by atoms with Crippen molar-refractivity contribution in [1.29, 1.82) is 0 Å². The van der Waals surface area contributed by atoms with Crippen LogP contribution in [0.5, 0.6) is 11.5 Å². The van der Waals surface area contributed by atoms with E-state index in [0.29, 0.717) is 10.8 Å². The molecule has 150 valence electrons. The van der Waals surface area contributed by atoms with E-state index in [1.54, 1.807) is 11.6 Å². The van der Waals surface area contributed by atoms with Crippen molar-refractivity contribution in [1.82, 2.24) is 30.0 Å². The molecule has 8 nitrogen and oxygen atoms in total. The third-order valence-electron chi connectivity index (χ3n) is 4.70. The number of benzene rings is 2. The van der Waals surface area contributed by atoms with Gasteiger partial charge in [-0.25, -0.2) is 0 Å². The van der Waals surface area contributed by atoms with Gasteiger partial charge in [0, 0.05) is 5.56 Å². The molecule has 0 aliphatic carbocycles. The topological polar surface area (TPSA) is 90.2 Å². The summed E-state index contributed by atoms with van der Waals surface area (Å²) in [5.74, 6) is 2.27. The van der Waals surface area contributed by atoms with Crippen LogP contribution in [-0.4, -0.2) is 37.1 Å². The summed E-state index contributed by atoms with van der Waals surface area (Å²) in [6, 6.07) is 17.6. The number of para-hydroxylation sites is 1. The smallest absolute Gasteiger partial charge is 0.235 e. The van der Waals surface area contributed by atoms with Gasteiger partial charge in [-0.05, 0) is 48.9 Å². The summed E-state index contributed by atoms with van der Waals surface area (Å²) in [7, 11) is 1.65. The highest BCUT2D eigenvalue weighted by Crippen LogP contribution is 2.28. The Kier molecular flexibility index (Phi) is 4.64. The van der Waals surface area contributed by atoms with Gasteiger partial charge in [-0.2, -0.15) is 14.7 Å². The van der Waals surface area contributed by atoms with Crippen LogP contribution in [0.3, 0.4) is 0 Å². The predicted octanol–water partition coefficient (Wildman–Crippen LogP) is 4.14. The molecular formula is C21H18N6O2S. The molecule has 0 saturated heterocycles. The van der Waals surface area contributed by atoms with Gasteiger partial charge in [0.05, 0.1) is 18.5 Å². The molecule has 2 aromatic carbocycles. The number of nitrogens with zero attached hydrogens (tertiary/aromatic N) is 5. The second kappa shape index (κ2) is 7.60. The maximum absolute atomic E-state index is 5.90. The fourth-order valence-electron chi connectivity index (χ4n) is 3.06. The second-order valence-electron chi connectivity index (χ2n) is 6.67. The summed E-state index contributed by atoms with van der Waals surface area (Å²) in [4.78, 5) is 0.703. The van der Waals surface area contributed by atoms with Gasteiger partial charge < -0.3 is 9.47 Å². The lowest BCUT2D eigenvalue weighted by Crippen LogP contribution is -2.03. The summed E-state index contributed by atoms with van der Waals surface area (Å²) in [6.07, 6.45) is 0. The number of hydrogen-bond acceptors (Lipinski definition) is 7. The van der Waals surface area contributed by atoms with Crippen LogP contribution in [0.4, 0.5) is 0 Å². The van der Waals surface area contributed by atoms with Crippen molar-refractivity contribution in [2.75, 3.05) is 7.11 Å². The minimum absolute atomic E-state index is 0.287. The number of fused-ring (bicyclic) bond motifs is 1. The Balaban J connectivity index is 1.38. The summed E-state index contributed by atoms with van der Waals surface area (Å²) < 4.78 is 12.8. The van der Waals surface area contributed by atoms with Crippen molar-refractivity contribution in [2.45, 2.75) is 13.5 Å². The normalized spacial score (nSPS) is 11.1. The Morgan fingerprint density at radius 3 is 2.70 bits per heavy atom. The van der Waals surface area contributed by atoms with Crippen LogP contribution in [0.1, 0.15) is 11.4 Å². The van der Waals surface area contributed by atoms with Crippen molar-refractivity contribution < 1.29 is 9.47 Å². The van der Waals surface area contributed by atoms with Crippen LogP contribution < -0.4 is 9.47 Å². The van der Waals surface area contributed by atoms with Gasteiger partial charge >= 0.3 is 0 Å². The highest BCUT2D eigenvalue weighted by Gasteiger charge is 2.16. The Morgan fingerprint density at radius 2 is 1.90 bits per heavy atom. The molecule has 1 N–H and O–H groups in total. The van der Waals surface area contributed by atoms with E-state index in [0.717, 1.165) is 39.0 Å². The second-order valence-corrected chi connectivity index (χ2v) is 7.62. The molecule has 0 atom stereocenters. The lowest BCUT2D eigenvalue weighted by molar-refractivity contribution is 0.291. The summed E-state index contributed by atoms with van der Waals surface area (Å²) in [5.41, 5.74) is 3.72. The molecule has 0 bridgehead atoms. The van der Waals surface area contributed by atoms with E-state index in [-0.39, 0.29) is 6.61 Å². The predicted molar refractivity (Wildman–Crippen MR) is 114 cm³/mol. The molecule has 3 aromatic heterocycles. The summed E-state index contributed by atoms with van der Waals surface area (Å²) in [5, 5.41) is 21.3. The lowest BCUT2D eigenvalue weighted by atomic mass is 10.1. The number of ether oxygens (including phenoxy) is 2. The van der Waals surface area contributed by atoms with Crippen LogP contribution in [-0.2, 0) is 6.61 Å². The molecular weight excluding hydrogens is 400 g/mol. The van der Waals surface area contributed by atoms with Gasteiger partial charge in [0.15, 0.2) is 10.8 Å². The van der Waals surface area contributed by atoms with E-state index in [1.165, 1.54) is 11.3 Å². The molecule has 0 spiro atoms. The van der Waals surface area contributed by atoms with E-state index in [2.05, 4.69) is 25.5 Å². The van der Waals surface area contributed by atoms with E-state index >= 15 is 0 Å². The minimum Gasteiger partial charge on any atom is -0.497 e. The molecule has 0 amide bonds. The van der Waals surface area contributed by atoms with Crippen LogP contribution in [0.25, 0.3) is 26.9 Å². The van der Waals surface area contributed by atoms with Crippen LogP contribution in [0.2, 0.25) is 0 Å². The monoisotopic (exact) mass is 418 g/mol. The van der Waals surface area contributed by atoms with Crippen molar-refractivity contribution >= 4 is 16.3 Å². The first-order valence-electron chi connectivity index (χ1n) is 9.31. The number of rotatable bonds is 6. The van der Waals surface area contributed by atoms with Gasteiger partial charge in [0.1, 0.15) is 18.1 Å². The fraction of sp³-hybridized carbons (Fsp3) is 0.143. The average molecular weight is 418 g/mol. The molecule has 0 fully saturated rings. The molecule has 0 unspecified atom stereocenters. The zero-order chi connectivity index (χ0) is 20.5. The van der Waals surface area contributed by atoms with Gasteiger partial charge in [0.25, 0.3) is 0 Å². The van der Waals surface area contributed by atoms with Crippen molar-refractivity contribution in [2.24, 2.45) is 0 Å². The summed E-state index contributed by atoms with van der Waals surface area (Å²) in [6.45, 7) is 2.30. The molecule has 5 rings (SSSR count). The van der Waals surface area contributed by atoms with Gasteiger partial charge in [0.2, 0.25) is 4.96 Å². The zero-order valence-electron chi connectivity index (χ0n) is 16.4. The molecule has 0 aliphatic heterocycles. The molecule has 30 heavy (non-hydrogen) atoms. The number of aromatic nitrogens is 6. The van der Waals surface area contributed by atoms with Gasteiger partial charge in [-0.3, -0.25) is 5.10 Å². The first-order chi connectivity index (χ1) is 14.7. The number of methoxy groups -OCH3 is 1. The van der Waals surface area contributed by atoms with Crippen molar-refractivity contribution in [3.8, 4) is 33.5 Å². The third kappa shape index (κ3) is 3.39. The maximum atomic E-state index is 5.90. The quantitative estimate of drug-likeness (QED) is 0.446. The standard InChI is InChI=1S/C21H18N6O2S/c1-13-5-3-4-6-18(13)29-12-19-24-25-21-27(19)26-20(30-21)17-11-16(22-23-17)14-7-9-15(28-2)10-8-14/h3-11H,12H2,1-2H3,(H,22,23). The van der Waals surface area contributed by atoms with Crippen molar-refractivity contribution in [3.63, 3.8) is 0 Å². The molecule has 3 heterocycles. The Labute approximate surface area is 176 Å². The number of aromatic amines is 1. The first-order valence-corrected chi connectivity index (χ1v) is 10.1. The Morgan fingerprint density at radius 1 is 1.07 bits per heavy atom. The van der Waals surface area contributed by atoms with Crippen molar-refractivity contribution in [3.05, 3.63) is 66.0 Å². The van der Waals surface area contributed by atoms with E-state index in [4.69, 9.17) is 9.47 Å². The van der Waals surface area contributed by atoms with Gasteiger partial charge in [-0.1, -0.05) is 29.5 Å². The highest BCUT2D eigenvalue weighted by atomic mass is 32.1. The number of H-pyrrole nitrogens is 1. The summed E-state index contributed by atoms with van der Waals surface area (Å²) >= 11 is 1.44. The first kappa shape index (κ1) is 18.3. The lowest BCUT2D eigenvalue weighted by Gasteiger charge is -2.06. The molecule has 0 radical (unpaired) electrons. The Hall–Kier alpha value is -3.72. The van der Waals surface area contributed by atoms with E-state index in [9.17, 15) is 0 Å². The number of aryl methyl sites for hydroxylation is 1. The van der Waals surface area contributed by atoms with E-state index in [1.807, 2.05) is 61.5 Å². The fourth-order valence-corrected chi connectivity index (χ4v) is 3.88. The minimum atomic E-state index is 0.287. The maximum Gasteiger partial charge on any atom is 0.235 e. The average Bonchev–Trinajstić information content (AvgIpc) is 3.49. The number of nitrogens with one attached hydrogen (secondary N) is 1. The van der Waals surface area contributed by atoms with Crippen LogP contribution in [0, 0.1) is 6.92 Å². The number of hydrogen-bond donors (Lipinski definition) is 1. The molecule has 0 saturated carbocycles. The Bertz CT molecular complexity index is 1300. The molecule has 0 aliphatic rings. The SMILES string of the molecule is COc1ccc(-c2cc(-c3nn4c(COc5ccccc5C)nnc4s3)[nH]n2)cc1. The van der Waals surface area contributed by atoms with Gasteiger partial charge in [-0.15, -0.1) is 10.2 Å². The van der Waals surface area contributed by atoms with E-state index < -0.39 is 0 Å². The highest BCUT2D eigenvalue weighted by molar-refractivity contribution is 7.19.